The van der Waals surface area contributed by atoms with Crippen molar-refractivity contribution in [1.29, 1.82) is 0 Å². The highest BCUT2D eigenvalue weighted by atomic mass is 79.9. The molecule has 1 aliphatic rings. The first-order valence-corrected chi connectivity index (χ1v) is 6.91. The Kier molecular flexibility index (Phi) is 5.44. The summed E-state index contributed by atoms with van der Waals surface area (Å²) in [6, 6.07) is 0.693. The van der Waals surface area contributed by atoms with Crippen molar-refractivity contribution in [3.05, 3.63) is 11.1 Å². The minimum atomic E-state index is 0.693. The Balaban J connectivity index is 2.31. The zero-order valence-electron chi connectivity index (χ0n) is 8.18. The fraction of sp³-hybridized carbons (Fsp3) is 0.800. The van der Waals surface area contributed by atoms with Crippen LogP contribution in [0, 0.1) is 0 Å². The van der Waals surface area contributed by atoms with Gasteiger partial charge < -0.3 is 5.32 Å². The molecule has 1 N–H and O–H groups in total. The number of hydrogen-bond acceptors (Lipinski definition) is 2. The number of thioether (sulfide) groups is 1. The summed E-state index contributed by atoms with van der Waals surface area (Å²) >= 11 is 5.38. The van der Waals surface area contributed by atoms with E-state index in [1.165, 1.54) is 25.7 Å². The van der Waals surface area contributed by atoms with Gasteiger partial charge in [-0.05, 0) is 19.1 Å². The second kappa shape index (κ2) is 6.10. The minimum Gasteiger partial charge on any atom is -0.308 e. The predicted octanol–water partition coefficient (Wildman–Crippen LogP) is 3.16. The van der Waals surface area contributed by atoms with Gasteiger partial charge in [0, 0.05) is 22.3 Å². The average Bonchev–Trinajstić information content (AvgIpc) is 2.15. The third-order valence-corrected chi connectivity index (χ3v) is 4.01. The van der Waals surface area contributed by atoms with E-state index in [0.29, 0.717) is 6.04 Å². The lowest BCUT2D eigenvalue weighted by Gasteiger charge is -2.31. The van der Waals surface area contributed by atoms with Crippen molar-refractivity contribution in [2.24, 2.45) is 0 Å². The Morgan fingerprint density at radius 1 is 1.54 bits per heavy atom. The predicted molar refractivity (Wildman–Crippen MR) is 65.6 cm³/mol. The lowest BCUT2D eigenvalue weighted by atomic mass is 9.95. The summed E-state index contributed by atoms with van der Waals surface area (Å²) in [5.41, 5.74) is 0. The molecule has 2 atom stereocenters. The van der Waals surface area contributed by atoms with Crippen LogP contribution in [0.3, 0.4) is 0 Å². The summed E-state index contributed by atoms with van der Waals surface area (Å²) in [5, 5.41) is 4.36. The first kappa shape index (κ1) is 11.6. The molecule has 3 heteroatoms. The molecule has 1 saturated carbocycles. The van der Waals surface area contributed by atoms with Crippen LogP contribution in [0.25, 0.3) is 0 Å². The largest absolute Gasteiger partial charge is 0.308 e. The van der Waals surface area contributed by atoms with E-state index in [-0.39, 0.29) is 0 Å². The molecular weight excluding hydrogens is 246 g/mol. The first-order valence-electron chi connectivity index (χ1n) is 4.83. The van der Waals surface area contributed by atoms with Gasteiger partial charge in [0.1, 0.15) is 0 Å². The maximum Gasteiger partial charge on any atom is 0.0268 e. The summed E-state index contributed by atoms with van der Waals surface area (Å²) < 4.78 is 1.05. The molecule has 0 amide bonds. The first-order chi connectivity index (χ1) is 6.24. The second-order valence-electron chi connectivity index (χ2n) is 3.56. The number of halogens is 1. The van der Waals surface area contributed by atoms with Crippen LogP contribution in [-0.2, 0) is 0 Å². The average molecular weight is 264 g/mol. The van der Waals surface area contributed by atoms with Gasteiger partial charge in [-0.15, -0.1) is 0 Å². The van der Waals surface area contributed by atoms with Gasteiger partial charge in [-0.2, -0.15) is 11.8 Å². The van der Waals surface area contributed by atoms with Crippen LogP contribution in [0.1, 0.15) is 25.7 Å². The highest BCUT2D eigenvalue weighted by molar-refractivity contribution is 9.11. The van der Waals surface area contributed by atoms with E-state index < -0.39 is 0 Å². The van der Waals surface area contributed by atoms with Crippen LogP contribution in [0.5, 0.6) is 0 Å². The van der Waals surface area contributed by atoms with Gasteiger partial charge in [-0.1, -0.05) is 35.4 Å². The molecule has 1 fully saturated rings. The Hall–Kier alpha value is 0.530. The van der Waals surface area contributed by atoms with Crippen LogP contribution in [-0.4, -0.2) is 24.1 Å². The van der Waals surface area contributed by atoms with Gasteiger partial charge >= 0.3 is 0 Å². The van der Waals surface area contributed by atoms with Gasteiger partial charge in [0.05, 0.1) is 0 Å². The Morgan fingerprint density at radius 2 is 2.23 bits per heavy atom. The van der Waals surface area contributed by atoms with Crippen LogP contribution in [0.4, 0.5) is 0 Å². The van der Waals surface area contributed by atoms with Crippen molar-refractivity contribution in [2.45, 2.75) is 37.0 Å². The van der Waals surface area contributed by atoms with Crippen molar-refractivity contribution >= 4 is 27.7 Å². The highest BCUT2D eigenvalue weighted by Crippen LogP contribution is 2.27. The maximum absolute atomic E-state index is 3.84. The van der Waals surface area contributed by atoms with Crippen LogP contribution in [0.15, 0.2) is 11.1 Å². The van der Waals surface area contributed by atoms with E-state index in [1.54, 1.807) is 0 Å². The number of hydrogen-bond donors (Lipinski definition) is 1. The van der Waals surface area contributed by atoms with E-state index in [9.17, 15) is 0 Å². The van der Waals surface area contributed by atoms with E-state index >= 15 is 0 Å². The number of rotatable bonds is 4. The Labute approximate surface area is 93.9 Å². The van der Waals surface area contributed by atoms with Gasteiger partial charge in [0.2, 0.25) is 0 Å². The molecule has 76 valence electrons. The molecule has 0 heterocycles. The third kappa shape index (κ3) is 4.05. The molecule has 0 radical (unpaired) electrons. The summed E-state index contributed by atoms with van der Waals surface area (Å²) in [5.74, 6) is 0. The van der Waals surface area contributed by atoms with Crippen molar-refractivity contribution in [3.63, 3.8) is 0 Å². The molecule has 2 unspecified atom stereocenters. The molecule has 1 nitrogen and oxygen atoms in total. The molecule has 0 aliphatic heterocycles. The molecule has 0 aromatic carbocycles. The monoisotopic (exact) mass is 263 g/mol. The topological polar surface area (TPSA) is 12.0 Å². The molecule has 0 aromatic heterocycles. The quantitative estimate of drug-likeness (QED) is 0.837. The minimum absolute atomic E-state index is 0.693. The molecule has 13 heavy (non-hydrogen) atoms. The molecule has 0 spiro atoms. The van der Waals surface area contributed by atoms with Crippen molar-refractivity contribution in [2.75, 3.05) is 12.8 Å². The Bertz CT molecular complexity index is 172. The Morgan fingerprint density at radius 3 is 2.85 bits per heavy atom. The fourth-order valence-corrected chi connectivity index (χ4v) is 2.98. The fourth-order valence-electron chi connectivity index (χ4n) is 1.85. The van der Waals surface area contributed by atoms with E-state index in [0.717, 1.165) is 16.3 Å². The van der Waals surface area contributed by atoms with E-state index in [2.05, 4.69) is 34.1 Å². The highest BCUT2D eigenvalue weighted by Gasteiger charge is 2.23. The van der Waals surface area contributed by atoms with Gasteiger partial charge in [-0.25, -0.2) is 0 Å². The third-order valence-electron chi connectivity index (χ3n) is 2.56. The van der Waals surface area contributed by atoms with Gasteiger partial charge in [0.25, 0.3) is 0 Å². The maximum atomic E-state index is 3.84. The smallest absolute Gasteiger partial charge is 0.0268 e. The lowest BCUT2D eigenvalue weighted by molar-refractivity contribution is 0.396. The SMILES string of the molecule is C=C(Br)CNC1CCCCC1SC. The molecule has 1 rings (SSSR count). The normalized spacial score (nSPS) is 28.8. The lowest BCUT2D eigenvalue weighted by Crippen LogP contribution is -2.40. The summed E-state index contributed by atoms with van der Waals surface area (Å²) in [4.78, 5) is 0. The zero-order valence-corrected chi connectivity index (χ0v) is 10.6. The molecule has 1 aliphatic carbocycles. The summed E-state index contributed by atoms with van der Waals surface area (Å²) in [7, 11) is 0. The van der Waals surface area contributed by atoms with Crippen LogP contribution in [0.2, 0.25) is 0 Å². The number of nitrogens with one attached hydrogen (secondary N) is 1. The standard InChI is InChI=1S/C10H18BrNS/c1-8(11)7-12-9-5-3-4-6-10(9)13-2/h9-10,12H,1,3-7H2,2H3. The van der Waals surface area contributed by atoms with Crippen LogP contribution < -0.4 is 5.32 Å². The van der Waals surface area contributed by atoms with Crippen molar-refractivity contribution in [1.82, 2.24) is 5.32 Å². The van der Waals surface area contributed by atoms with Gasteiger partial charge in [-0.3, -0.25) is 0 Å². The zero-order chi connectivity index (χ0) is 9.68. The van der Waals surface area contributed by atoms with E-state index in [4.69, 9.17) is 0 Å². The van der Waals surface area contributed by atoms with Crippen molar-refractivity contribution < 1.29 is 0 Å². The van der Waals surface area contributed by atoms with Crippen molar-refractivity contribution in [3.8, 4) is 0 Å². The summed E-state index contributed by atoms with van der Waals surface area (Å²) in [6.07, 6.45) is 7.69. The van der Waals surface area contributed by atoms with Gasteiger partial charge in [0.15, 0.2) is 0 Å². The molecular formula is C10H18BrNS. The second-order valence-corrected chi connectivity index (χ2v) is 5.76. The van der Waals surface area contributed by atoms with Crippen LogP contribution >= 0.6 is 27.7 Å². The molecule has 0 saturated heterocycles. The van der Waals surface area contributed by atoms with E-state index in [1.807, 2.05) is 11.8 Å². The molecule has 0 bridgehead atoms. The molecule has 0 aromatic rings. The summed E-state index contributed by atoms with van der Waals surface area (Å²) in [6.45, 7) is 4.74.